The first-order valence-corrected chi connectivity index (χ1v) is 11.6. The molecule has 1 fully saturated rings. The van der Waals surface area contributed by atoms with Gasteiger partial charge in [-0.1, -0.05) is 30.3 Å². The summed E-state index contributed by atoms with van der Waals surface area (Å²) in [5.41, 5.74) is 6.88. The molecular formula is C26H29N5O2. The summed E-state index contributed by atoms with van der Waals surface area (Å²) in [5, 5.41) is 7.75. The van der Waals surface area contributed by atoms with Crippen LogP contribution in [0, 0.1) is 13.8 Å². The number of para-hydroxylation sites is 1. The molecule has 5 rings (SSSR count). The van der Waals surface area contributed by atoms with Crippen molar-refractivity contribution in [2.45, 2.75) is 33.1 Å². The number of carbonyl (C=O) groups is 2. The molecule has 1 aliphatic carbocycles. The van der Waals surface area contributed by atoms with Crippen LogP contribution in [0.25, 0.3) is 5.69 Å². The average molecular weight is 444 g/mol. The van der Waals surface area contributed by atoms with Gasteiger partial charge < -0.3 is 15.1 Å². The summed E-state index contributed by atoms with van der Waals surface area (Å²) >= 11 is 0. The molecule has 1 N–H and O–H groups in total. The fraction of sp³-hybridized carbons (Fsp3) is 0.346. The molecule has 7 heteroatoms. The molecule has 33 heavy (non-hydrogen) atoms. The van der Waals surface area contributed by atoms with Gasteiger partial charge in [0, 0.05) is 43.1 Å². The Balaban J connectivity index is 1.28. The van der Waals surface area contributed by atoms with E-state index in [0.717, 1.165) is 53.0 Å². The molecule has 0 radical (unpaired) electrons. The normalized spacial score (nSPS) is 15.5. The zero-order chi connectivity index (χ0) is 22.9. The lowest BCUT2D eigenvalue weighted by Crippen LogP contribution is -2.51. The van der Waals surface area contributed by atoms with Gasteiger partial charge >= 0.3 is 6.03 Å². The third-order valence-corrected chi connectivity index (χ3v) is 6.60. The molecule has 1 aromatic heterocycles. The number of piperazine rings is 1. The molecule has 7 nitrogen and oxygen atoms in total. The van der Waals surface area contributed by atoms with Crippen LogP contribution in [0.1, 0.15) is 39.3 Å². The molecule has 2 aliphatic rings. The van der Waals surface area contributed by atoms with Crippen molar-refractivity contribution in [3.05, 3.63) is 76.6 Å². The fourth-order valence-electron chi connectivity index (χ4n) is 4.80. The quantitative estimate of drug-likeness (QED) is 0.666. The molecule has 3 aromatic rings. The molecule has 0 bridgehead atoms. The number of aryl methyl sites for hydroxylation is 2. The Morgan fingerprint density at radius 1 is 0.909 bits per heavy atom. The first-order valence-electron chi connectivity index (χ1n) is 11.6. The van der Waals surface area contributed by atoms with Gasteiger partial charge in [-0.05, 0) is 62.4 Å². The minimum atomic E-state index is -0.127. The maximum atomic E-state index is 13.4. The monoisotopic (exact) mass is 443 g/mol. The van der Waals surface area contributed by atoms with E-state index >= 15 is 0 Å². The molecule has 1 aliphatic heterocycles. The van der Waals surface area contributed by atoms with E-state index in [1.807, 2.05) is 52.9 Å². The summed E-state index contributed by atoms with van der Waals surface area (Å²) in [6.45, 7) is 6.09. The second-order valence-electron chi connectivity index (χ2n) is 8.90. The average Bonchev–Trinajstić information content (AvgIpc) is 3.42. The lowest BCUT2D eigenvalue weighted by Gasteiger charge is -2.34. The van der Waals surface area contributed by atoms with Crippen LogP contribution in [0.2, 0.25) is 0 Å². The summed E-state index contributed by atoms with van der Waals surface area (Å²) in [6.07, 6.45) is 2.88. The number of hydrogen-bond donors (Lipinski definition) is 1. The van der Waals surface area contributed by atoms with E-state index in [2.05, 4.69) is 24.4 Å². The zero-order valence-corrected chi connectivity index (χ0v) is 19.2. The Morgan fingerprint density at radius 2 is 1.67 bits per heavy atom. The number of nitrogens with one attached hydrogen (secondary N) is 1. The highest BCUT2D eigenvalue weighted by atomic mass is 16.2. The highest BCUT2D eigenvalue weighted by molar-refractivity contribution is 5.95. The predicted molar refractivity (Wildman–Crippen MR) is 128 cm³/mol. The number of hydrogen-bond acceptors (Lipinski definition) is 3. The molecule has 0 unspecified atom stereocenters. The van der Waals surface area contributed by atoms with Crippen LogP contribution in [0.4, 0.5) is 10.5 Å². The third-order valence-electron chi connectivity index (χ3n) is 6.60. The number of anilines is 1. The molecule has 1 saturated heterocycles. The highest BCUT2D eigenvalue weighted by Crippen LogP contribution is 2.29. The van der Waals surface area contributed by atoms with Gasteiger partial charge in [0.2, 0.25) is 0 Å². The standard InChI is InChI=1S/C26H29N5O2/c1-18-7-5-9-20(17-18)27-26(33)30-15-13-29(14-16-30)25(32)24-21-10-6-12-23(21)31(28-24)22-11-4-3-8-19(22)2/h3-5,7-9,11,17H,6,10,12-16H2,1-2H3,(H,27,33). The minimum absolute atomic E-state index is 0.0285. The number of amides is 3. The predicted octanol–water partition coefficient (Wildman–Crippen LogP) is 3.97. The smallest absolute Gasteiger partial charge is 0.321 e. The van der Waals surface area contributed by atoms with E-state index in [4.69, 9.17) is 5.10 Å². The van der Waals surface area contributed by atoms with Gasteiger partial charge in [0.05, 0.1) is 5.69 Å². The van der Waals surface area contributed by atoms with Gasteiger partial charge in [-0.25, -0.2) is 9.48 Å². The Morgan fingerprint density at radius 3 is 2.42 bits per heavy atom. The first kappa shape index (κ1) is 21.2. The van der Waals surface area contributed by atoms with Crippen molar-refractivity contribution >= 4 is 17.6 Å². The number of nitrogens with zero attached hydrogens (tertiary/aromatic N) is 4. The topological polar surface area (TPSA) is 70.5 Å². The van der Waals surface area contributed by atoms with E-state index in [9.17, 15) is 9.59 Å². The van der Waals surface area contributed by atoms with E-state index in [0.29, 0.717) is 31.9 Å². The molecule has 3 amide bonds. The molecule has 0 spiro atoms. The summed E-state index contributed by atoms with van der Waals surface area (Å²) in [4.78, 5) is 29.7. The van der Waals surface area contributed by atoms with Crippen LogP contribution < -0.4 is 5.32 Å². The summed E-state index contributed by atoms with van der Waals surface area (Å²) < 4.78 is 1.97. The van der Waals surface area contributed by atoms with Crippen molar-refractivity contribution in [3.8, 4) is 5.69 Å². The van der Waals surface area contributed by atoms with E-state index in [1.165, 1.54) is 0 Å². The van der Waals surface area contributed by atoms with E-state index < -0.39 is 0 Å². The third kappa shape index (κ3) is 4.11. The van der Waals surface area contributed by atoms with Crippen molar-refractivity contribution in [1.82, 2.24) is 19.6 Å². The lowest BCUT2D eigenvalue weighted by atomic mass is 10.1. The highest BCUT2D eigenvalue weighted by Gasteiger charge is 2.32. The molecule has 0 atom stereocenters. The molecule has 2 aromatic carbocycles. The van der Waals surface area contributed by atoms with Crippen LogP contribution in [-0.2, 0) is 12.8 Å². The SMILES string of the molecule is Cc1cccc(NC(=O)N2CCN(C(=O)c3nn(-c4ccccc4C)c4c3CCC4)CC2)c1. The second-order valence-corrected chi connectivity index (χ2v) is 8.90. The molecular weight excluding hydrogens is 414 g/mol. The van der Waals surface area contributed by atoms with Crippen LogP contribution in [0.3, 0.4) is 0 Å². The van der Waals surface area contributed by atoms with Crippen molar-refractivity contribution in [3.63, 3.8) is 0 Å². The maximum Gasteiger partial charge on any atom is 0.321 e. The summed E-state index contributed by atoms with van der Waals surface area (Å²) in [5.74, 6) is -0.0285. The summed E-state index contributed by atoms with van der Waals surface area (Å²) in [7, 11) is 0. The Kier molecular flexibility index (Phi) is 5.62. The van der Waals surface area contributed by atoms with Gasteiger partial charge in [0.25, 0.3) is 5.91 Å². The minimum Gasteiger partial charge on any atom is -0.334 e. The molecule has 2 heterocycles. The second kappa shape index (κ2) is 8.73. The van der Waals surface area contributed by atoms with Crippen molar-refractivity contribution in [1.29, 1.82) is 0 Å². The summed E-state index contributed by atoms with van der Waals surface area (Å²) in [6, 6.07) is 15.8. The van der Waals surface area contributed by atoms with Crippen molar-refractivity contribution in [2.75, 3.05) is 31.5 Å². The number of benzene rings is 2. The largest absolute Gasteiger partial charge is 0.334 e. The number of aromatic nitrogens is 2. The van der Waals surface area contributed by atoms with Crippen LogP contribution in [0.5, 0.6) is 0 Å². The van der Waals surface area contributed by atoms with E-state index in [-0.39, 0.29) is 11.9 Å². The Labute approximate surface area is 194 Å². The number of urea groups is 1. The Bertz CT molecular complexity index is 1210. The molecule has 0 saturated carbocycles. The molecule has 170 valence electrons. The van der Waals surface area contributed by atoms with Gasteiger partial charge in [0.15, 0.2) is 5.69 Å². The van der Waals surface area contributed by atoms with Crippen LogP contribution >= 0.6 is 0 Å². The lowest BCUT2D eigenvalue weighted by molar-refractivity contribution is 0.0664. The number of fused-ring (bicyclic) bond motifs is 1. The zero-order valence-electron chi connectivity index (χ0n) is 19.2. The van der Waals surface area contributed by atoms with Crippen molar-refractivity contribution < 1.29 is 9.59 Å². The van der Waals surface area contributed by atoms with Gasteiger partial charge in [-0.15, -0.1) is 0 Å². The van der Waals surface area contributed by atoms with Gasteiger partial charge in [0.1, 0.15) is 0 Å². The fourth-order valence-corrected chi connectivity index (χ4v) is 4.80. The Hall–Kier alpha value is -3.61. The number of rotatable bonds is 3. The number of carbonyl (C=O) groups excluding carboxylic acids is 2. The van der Waals surface area contributed by atoms with Crippen molar-refractivity contribution in [2.24, 2.45) is 0 Å². The van der Waals surface area contributed by atoms with Crippen LogP contribution in [-0.4, -0.2) is 57.7 Å². The van der Waals surface area contributed by atoms with Gasteiger partial charge in [-0.2, -0.15) is 5.10 Å². The van der Waals surface area contributed by atoms with Gasteiger partial charge in [-0.3, -0.25) is 4.79 Å². The maximum absolute atomic E-state index is 13.4. The van der Waals surface area contributed by atoms with Crippen LogP contribution in [0.15, 0.2) is 48.5 Å². The van der Waals surface area contributed by atoms with E-state index in [1.54, 1.807) is 4.90 Å². The first-order chi connectivity index (χ1) is 16.0.